The van der Waals surface area contributed by atoms with Crippen LogP contribution in [0, 0.1) is 6.92 Å². The summed E-state index contributed by atoms with van der Waals surface area (Å²) in [6.45, 7) is 1.98. The first kappa shape index (κ1) is 24.9. The molecule has 3 amide bonds. The van der Waals surface area contributed by atoms with E-state index in [9.17, 15) is 9.59 Å². The standard InChI is InChI=1S/C26H24Br2N4O3/c1-15-20(27)11-17(12-21(15)28)24-22(25(33)30-18-8-5-9-19(13-18)35-4)23(16-7-6-10-29-14-16)31(2)26(34)32(24)3/h5-14,24H,1-4H3,(H,30,33). The fourth-order valence-corrected chi connectivity index (χ4v) is 5.36. The summed E-state index contributed by atoms with van der Waals surface area (Å²) in [7, 11) is 4.94. The van der Waals surface area contributed by atoms with Gasteiger partial charge in [0.2, 0.25) is 0 Å². The number of hydrogen-bond donors (Lipinski definition) is 1. The first-order chi connectivity index (χ1) is 16.7. The van der Waals surface area contributed by atoms with E-state index in [2.05, 4.69) is 42.2 Å². The average Bonchev–Trinajstić information content (AvgIpc) is 2.86. The second-order valence-corrected chi connectivity index (χ2v) is 9.86. The van der Waals surface area contributed by atoms with Crippen molar-refractivity contribution in [1.29, 1.82) is 0 Å². The molecular weight excluding hydrogens is 576 g/mol. The van der Waals surface area contributed by atoms with Crippen molar-refractivity contribution in [2.24, 2.45) is 0 Å². The molecule has 1 N–H and O–H groups in total. The Hall–Kier alpha value is -3.17. The van der Waals surface area contributed by atoms with Crippen molar-refractivity contribution in [2.45, 2.75) is 13.0 Å². The van der Waals surface area contributed by atoms with E-state index < -0.39 is 6.04 Å². The topological polar surface area (TPSA) is 74.8 Å². The molecule has 0 saturated heterocycles. The van der Waals surface area contributed by atoms with Gasteiger partial charge in [-0.2, -0.15) is 0 Å². The molecule has 9 heteroatoms. The highest BCUT2D eigenvalue weighted by atomic mass is 79.9. The molecule has 1 aliphatic rings. The molecule has 0 saturated carbocycles. The zero-order valence-corrected chi connectivity index (χ0v) is 22.8. The molecule has 2 aromatic carbocycles. The van der Waals surface area contributed by atoms with Gasteiger partial charge in [-0.25, -0.2) is 4.79 Å². The fraction of sp³-hybridized carbons (Fsp3) is 0.192. The van der Waals surface area contributed by atoms with Gasteiger partial charge in [0.1, 0.15) is 5.75 Å². The van der Waals surface area contributed by atoms with Crippen molar-refractivity contribution in [3.8, 4) is 5.75 Å². The van der Waals surface area contributed by atoms with E-state index in [1.807, 2.05) is 25.1 Å². The number of hydrogen-bond acceptors (Lipinski definition) is 4. The van der Waals surface area contributed by atoms with Gasteiger partial charge in [0.05, 0.1) is 24.4 Å². The van der Waals surface area contributed by atoms with E-state index in [-0.39, 0.29) is 11.9 Å². The number of urea groups is 1. The monoisotopic (exact) mass is 598 g/mol. The molecule has 0 radical (unpaired) electrons. The number of pyridine rings is 1. The van der Waals surface area contributed by atoms with Crippen molar-refractivity contribution >= 4 is 55.2 Å². The Balaban J connectivity index is 1.94. The molecule has 2 heterocycles. The molecule has 7 nitrogen and oxygen atoms in total. The summed E-state index contributed by atoms with van der Waals surface area (Å²) in [5.41, 5.74) is 3.99. The molecule has 1 aromatic heterocycles. The zero-order valence-electron chi connectivity index (χ0n) is 19.7. The van der Waals surface area contributed by atoms with Crippen LogP contribution in [0.2, 0.25) is 0 Å². The molecule has 1 aliphatic heterocycles. The van der Waals surface area contributed by atoms with Gasteiger partial charge in [0, 0.05) is 52.8 Å². The number of nitrogens with one attached hydrogen (secondary N) is 1. The predicted octanol–water partition coefficient (Wildman–Crippen LogP) is 6.01. The number of carbonyl (C=O) groups is 2. The highest BCUT2D eigenvalue weighted by Gasteiger charge is 2.41. The number of carbonyl (C=O) groups excluding carboxylic acids is 2. The van der Waals surface area contributed by atoms with Crippen LogP contribution in [0.25, 0.3) is 5.70 Å². The van der Waals surface area contributed by atoms with E-state index in [0.29, 0.717) is 28.3 Å². The lowest BCUT2D eigenvalue weighted by molar-refractivity contribution is -0.113. The summed E-state index contributed by atoms with van der Waals surface area (Å²) >= 11 is 7.23. The van der Waals surface area contributed by atoms with Crippen molar-refractivity contribution in [3.63, 3.8) is 0 Å². The summed E-state index contributed by atoms with van der Waals surface area (Å²) < 4.78 is 7.05. The molecule has 0 aliphatic carbocycles. The third-order valence-electron chi connectivity index (χ3n) is 5.97. The van der Waals surface area contributed by atoms with Crippen molar-refractivity contribution in [1.82, 2.24) is 14.8 Å². The van der Waals surface area contributed by atoms with Crippen LogP contribution in [0.4, 0.5) is 10.5 Å². The van der Waals surface area contributed by atoms with Gasteiger partial charge in [-0.3, -0.25) is 14.7 Å². The van der Waals surface area contributed by atoms with Gasteiger partial charge >= 0.3 is 6.03 Å². The Morgan fingerprint density at radius 1 is 1.09 bits per heavy atom. The maximum Gasteiger partial charge on any atom is 0.324 e. The van der Waals surface area contributed by atoms with E-state index in [1.165, 1.54) is 4.90 Å². The van der Waals surface area contributed by atoms with Crippen LogP contribution in [-0.2, 0) is 4.79 Å². The van der Waals surface area contributed by atoms with Gasteiger partial charge < -0.3 is 15.0 Å². The predicted molar refractivity (Wildman–Crippen MR) is 143 cm³/mol. The number of ether oxygens (including phenoxy) is 1. The lowest BCUT2D eigenvalue weighted by Gasteiger charge is -2.41. The molecule has 35 heavy (non-hydrogen) atoms. The Morgan fingerprint density at radius 2 is 1.80 bits per heavy atom. The molecule has 0 bridgehead atoms. The number of rotatable bonds is 5. The first-order valence-electron chi connectivity index (χ1n) is 10.8. The summed E-state index contributed by atoms with van der Waals surface area (Å²) in [5.74, 6) is 0.293. The second-order valence-electron chi connectivity index (χ2n) is 8.15. The number of benzene rings is 2. The number of likely N-dealkylation sites (N-methyl/N-ethyl adjacent to an activating group) is 1. The zero-order chi connectivity index (χ0) is 25.3. The maximum absolute atomic E-state index is 14.0. The molecule has 3 aromatic rings. The summed E-state index contributed by atoms with van der Waals surface area (Å²) in [4.78, 5) is 34.6. The number of anilines is 1. The van der Waals surface area contributed by atoms with Crippen LogP contribution in [0.5, 0.6) is 5.75 Å². The quantitative estimate of drug-likeness (QED) is 0.390. The first-order valence-corrected chi connectivity index (χ1v) is 12.4. The van der Waals surface area contributed by atoms with Crippen LogP contribution in [-0.4, -0.2) is 47.9 Å². The Bertz CT molecular complexity index is 1300. The molecular formula is C26H24Br2N4O3. The fourth-order valence-electron chi connectivity index (χ4n) is 4.14. The van der Waals surface area contributed by atoms with Gasteiger partial charge in [0.25, 0.3) is 5.91 Å². The molecule has 0 fully saturated rings. The number of aromatic nitrogens is 1. The van der Waals surface area contributed by atoms with E-state index in [1.54, 1.807) is 68.8 Å². The van der Waals surface area contributed by atoms with Crippen LogP contribution in [0.15, 0.2) is 75.4 Å². The highest BCUT2D eigenvalue weighted by Crippen LogP contribution is 2.42. The number of halogens is 2. The SMILES string of the molecule is COc1cccc(NC(=O)C2=C(c3cccnc3)N(C)C(=O)N(C)C2c2cc(Br)c(C)c(Br)c2)c1. The minimum Gasteiger partial charge on any atom is -0.497 e. The van der Waals surface area contributed by atoms with Gasteiger partial charge in [-0.15, -0.1) is 0 Å². The summed E-state index contributed by atoms with van der Waals surface area (Å²) in [6.07, 6.45) is 3.31. The van der Waals surface area contributed by atoms with Crippen LogP contribution < -0.4 is 10.1 Å². The molecule has 180 valence electrons. The summed E-state index contributed by atoms with van der Waals surface area (Å²) in [6, 6.07) is 13.8. The van der Waals surface area contributed by atoms with Gasteiger partial charge in [-0.05, 0) is 54.4 Å². The third kappa shape index (κ3) is 4.83. The van der Waals surface area contributed by atoms with Crippen LogP contribution >= 0.6 is 31.9 Å². The molecule has 4 rings (SSSR count). The number of methoxy groups -OCH3 is 1. The smallest absolute Gasteiger partial charge is 0.324 e. The average molecular weight is 600 g/mol. The Labute approximate surface area is 221 Å². The number of amides is 3. The normalized spacial score (nSPS) is 15.9. The minimum atomic E-state index is -0.646. The second kappa shape index (κ2) is 10.2. The van der Waals surface area contributed by atoms with Crippen molar-refractivity contribution in [2.75, 3.05) is 26.5 Å². The van der Waals surface area contributed by atoms with Crippen molar-refractivity contribution < 1.29 is 14.3 Å². The summed E-state index contributed by atoms with van der Waals surface area (Å²) in [5, 5.41) is 3.00. The lowest BCUT2D eigenvalue weighted by atomic mass is 9.90. The maximum atomic E-state index is 14.0. The number of nitrogens with zero attached hydrogens (tertiary/aromatic N) is 3. The Morgan fingerprint density at radius 3 is 2.43 bits per heavy atom. The molecule has 0 spiro atoms. The van der Waals surface area contributed by atoms with E-state index >= 15 is 0 Å². The lowest BCUT2D eigenvalue weighted by Crippen LogP contribution is -2.47. The molecule has 1 atom stereocenters. The third-order valence-corrected chi connectivity index (χ3v) is 7.61. The largest absolute Gasteiger partial charge is 0.497 e. The van der Waals surface area contributed by atoms with Crippen molar-refractivity contribution in [3.05, 3.63) is 92.1 Å². The van der Waals surface area contributed by atoms with Crippen LogP contribution in [0.3, 0.4) is 0 Å². The van der Waals surface area contributed by atoms with E-state index in [0.717, 1.165) is 20.1 Å². The molecule has 1 unspecified atom stereocenters. The van der Waals surface area contributed by atoms with Gasteiger partial charge in [0.15, 0.2) is 0 Å². The van der Waals surface area contributed by atoms with E-state index in [4.69, 9.17) is 4.74 Å². The Kier molecular flexibility index (Phi) is 7.28. The highest BCUT2D eigenvalue weighted by molar-refractivity contribution is 9.11. The minimum absolute atomic E-state index is 0.236. The van der Waals surface area contributed by atoms with Gasteiger partial charge in [-0.1, -0.05) is 37.9 Å². The van der Waals surface area contributed by atoms with Crippen LogP contribution in [0.1, 0.15) is 22.7 Å².